The third-order valence-corrected chi connectivity index (χ3v) is 2.15. The fourth-order valence-electron chi connectivity index (χ4n) is 0.518. The van der Waals surface area contributed by atoms with Crippen molar-refractivity contribution in [2.24, 2.45) is 0 Å². The van der Waals surface area contributed by atoms with E-state index < -0.39 is 7.37 Å². The molecule has 0 saturated heterocycles. The lowest BCUT2D eigenvalue weighted by atomic mass is 10.4. The van der Waals surface area contributed by atoms with E-state index in [4.69, 9.17) is 0 Å². The van der Waals surface area contributed by atoms with Crippen LogP contribution in [0.2, 0.25) is 0 Å². The lowest BCUT2D eigenvalue weighted by Gasteiger charge is -1.98. The largest absolute Gasteiger partial charge is 0.415 e. The first-order valence-corrected chi connectivity index (χ1v) is 7.14. The number of benzene rings is 1. The Bertz CT molecular complexity index is 307. The van der Waals surface area contributed by atoms with Gasteiger partial charge in [-0.15, -0.1) is 0 Å². The van der Waals surface area contributed by atoms with Gasteiger partial charge in [-0.1, -0.05) is 34.1 Å². The zero-order valence-electron chi connectivity index (χ0n) is 8.01. The van der Waals surface area contributed by atoms with E-state index in [1.54, 1.807) is 0 Å². The van der Waals surface area contributed by atoms with Crippen LogP contribution in [0, 0.1) is 0 Å². The van der Waals surface area contributed by atoms with Gasteiger partial charge in [-0.25, -0.2) is 0 Å². The number of hydrogen-bond acceptors (Lipinski definition) is 3. The summed E-state index contributed by atoms with van der Waals surface area (Å²) >= 11 is 3.31. The molecule has 78 valence electrons. The standard InChI is InChI=1S/C6H5Br.C3H7O3P/c7-6-4-2-1-3-5-6;1-7(2,5)6-3-4/h1-5H;3H,1-2H3. The molecule has 1 rings (SSSR count). The molecule has 0 saturated carbocycles. The van der Waals surface area contributed by atoms with Gasteiger partial charge in [-0.3, -0.25) is 9.36 Å². The highest BCUT2D eigenvalue weighted by Gasteiger charge is 2.03. The zero-order valence-corrected chi connectivity index (χ0v) is 10.5. The third-order valence-electron chi connectivity index (χ3n) is 1.03. The lowest BCUT2D eigenvalue weighted by Crippen LogP contribution is -1.80. The van der Waals surface area contributed by atoms with Gasteiger partial charge in [0.1, 0.15) is 0 Å². The van der Waals surface area contributed by atoms with E-state index in [0.717, 1.165) is 4.47 Å². The quantitative estimate of drug-likeness (QED) is 0.617. The first kappa shape index (κ1) is 13.4. The molecule has 0 unspecified atom stereocenters. The van der Waals surface area contributed by atoms with Gasteiger partial charge in [0.05, 0.1) is 0 Å². The molecule has 0 aliphatic heterocycles. The van der Waals surface area contributed by atoms with Crippen LogP contribution in [-0.4, -0.2) is 19.8 Å². The van der Waals surface area contributed by atoms with E-state index >= 15 is 0 Å². The van der Waals surface area contributed by atoms with Crippen molar-refractivity contribution >= 4 is 29.8 Å². The molecular formula is C9H12BrO3P. The van der Waals surface area contributed by atoms with Crippen LogP contribution in [0.15, 0.2) is 34.8 Å². The number of hydrogen-bond donors (Lipinski definition) is 0. The van der Waals surface area contributed by atoms with Crippen molar-refractivity contribution in [3.05, 3.63) is 34.8 Å². The van der Waals surface area contributed by atoms with E-state index in [9.17, 15) is 9.36 Å². The molecule has 0 radical (unpaired) electrons. The SMILES string of the molecule is Brc1ccccc1.CP(C)(=O)OC=O. The first-order valence-electron chi connectivity index (χ1n) is 3.83. The second kappa shape index (κ2) is 6.80. The van der Waals surface area contributed by atoms with Crippen LogP contribution >= 0.6 is 23.3 Å². The summed E-state index contributed by atoms with van der Waals surface area (Å²) in [5.74, 6) is 0. The summed E-state index contributed by atoms with van der Waals surface area (Å²) in [7, 11) is -2.53. The van der Waals surface area contributed by atoms with E-state index in [0.29, 0.717) is 0 Å². The lowest BCUT2D eigenvalue weighted by molar-refractivity contribution is -0.120. The Labute approximate surface area is 92.1 Å². The molecule has 0 bridgehead atoms. The molecular weight excluding hydrogens is 267 g/mol. The number of carbonyl (C=O) groups excluding carboxylic acids is 1. The van der Waals surface area contributed by atoms with Crippen molar-refractivity contribution in [3.8, 4) is 0 Å². The normalized spacial score (nSPS) is 9.64. The van der Waals surface area contributed by atoms with Crippen molar-refractivity contribution in [2.75, 3.05) is 13.3 Å². The minimum atomic E-state index is -2.53. The summed E-state index contributed by atoms with van der Waals surface area (Å²) in [6, 6.07) is 9.97. The average molecular weight is 279 g/mol. The van der Waals surface area contributed by atoms with E-state index in [2.05, 4.69) is 20.5 Å². The summed E-state index contributed by atoms with van der Waals surface area (Å²) in [5, 5.41) is 0. The Morgan fingerprint density at radius 3 is 1.93 bits per heavy atom. The van der Waals surface area contributed by atoms with E-state index in [1.807, 2.05) is 30.3 Å². The van der Waals surface area contributed by atoms with Gasteiger partial charge in [0.25, 0.3) is 6.47 Å². The van der Waals surface area contributed by atoms with Gasteiger partial charge in [0.2, 0.25) is 7.37 Å². The molecule has 0 N–H and O–H groups in total. The van der Waals surface area contributed by atoms with E-state index in [-0.39, 0.29) is 6.47 Å². The highest BCUT2D eigenvalue weighted by Crippen LogP contribution is 2.35. The van der Waals surface area contributed by atoms with E-state index in [1.165, 1.54) is 13.3 Å². The monoisotopic (exact) mass is 278 g/mol. The van der Waals surface area contributed by atoms with Crippen molar-refractivity contribution in [1.29, 1.82) is 0 Å². The van der Waals surface area contributed by atoms with Gasteiger partial charge in [0, 0.05) is 17.8 Å². The van der Waals surface area contributed by atoms with Gasteiger partial charge < -0.3 is 4.52 Å². The highest BCUT2D eigenvalue weighted by molar-refractivity contribution is 9.10. The molecule has 14 heavy (non-hydrogen) atoms. The highest BCUT2D eigenvalue weighted by atomic mass is 79.9. The Morgan fingerprint density at radius 1 is 1.29 bits per heavy atom. The number of carbonyl (C=O) groups is 1. The van der Waals surface area contributed by atoms with Crippen LogP contribution in [0.1, 0.15) is 0 Å². The molecule has 0 fully saturated rings. The molecule has 0 amide bonds. The third kappa shape index (κ3) is 9.49. The summed E-state index contributed by atoms with van der Waals surface area (Å²) < 4.78 is 15.6. The Kier molecular flexibility index (Phi) is 6.50. The minimum absolute atomic E-state index is 0.195. The molecule has 0 spiro atoms. The van der Waals surface area contributed by atoms with Crippen LogP contribution < -0.4 is 0 Å². The summed E-state index contributed by atoms with van der Waals surface area (Å²) in [6.45, 7) is 2.95. The number of halogens is 1. The van der Waals surface area contributed by atoms with Crippen molar-refractivity contribution in [1.82, 2.24) is 0 Å². The Hall–Kier alpha value is -0.600. The van der Waals surface area contributed by atoms with Crippen LogP contribution in [0.25, 0.3) is 0 Å². The fourth-order valence-corrected chi connectivity index (χ4v) is 1.03. The Morgan fingerprint density at radius 2 is 1.79 bits per heavy atom. The fraction of sp³-hybridized carbons (Fsp3) is 0.222. The molecule has 0 aliphatic rings. The topological polar surface area (TPSA) is 43.4 Å². The average Bonchev–Trinajstić information content (AvgIpc) is 2.04. The number of rotatable bonds is 2. The Balaban J connectivity index is 0.000000241. The molecule has 0 atom stereocenters. The predicted molar refractivity (Wildman–Crippen MR) is 60.7 cm³/mol. The van der Waals surface area contributed by atoms with Crippen molar-refractivity contribution < 1.29 is 13.9 Å². The maximum absolute atomic E-state index is 10.4. The van der Waals surface area contributed by atoms with Gasteiger partial charge in [0.15, 0.2) is 0 Å². The summed E-state index contributed by atoms with van der Waals surface area (Å²) in [4.78, 5) is 9.43. The molecule has 3 nitrogen and oxygen atoms in total. The zero-order chi connectivity index (χ0) is 11.0. The maximum atomic E-state index is 10.4. The van der Waals surface area contributed by atoms with Crippen LogP contribution in [0.5, 0.6) is 0 Å². The van der Waals surface area contributed by atoms with Crippen LogP contribution in [0.3, 0.4) is 0 Å². The summed E-state index contributed by atoms with van der Waals surface area (Å²) in [6.07, 6.45) is 0. The van der Waals surface area contributed by atoms with Gasteiger partial charge >= 0.3 is 0 Å². The van der Waals surface area contributed by atoms with Crippen molar-refractivity contribution in [2.45, 2.75) is 0 Å². The molecule has 5 heteroatoms. The smallest absolute Gasteiger partial charge is 0.298 e. The molecule has 1 aromatic rings. The van der Waals surface area contributed by atoms with Crippen LogP contribution in [0.4, 0.5) is 0 Å². The maximum Gasteiger partial charge on any atom is 0.298 e. The molecule has 0 aliphatic carbocycles. The van der Waals surface area contributed by atoms with Gasteiger partial charge in [-0.2, -0.15) is 0 Å². The molecule has 1 aromatic carbocycles. The van der Waals surface area contributed by atoms with Crippen molar-refractivity contribution in [3.63, 3.8) is 0 Å². The predicted octanol–water partition coefficient (Wildman–Crippen LogP) is 3.15. The minimum Gasteiger partial charge on any atom is -0.415 e. The molecule has 0 heterocycles. The summed E-state index contributed by atoms with van der Waals surface area (Å²) in [5.41, 5.74) is 0. The molecule has 0 aromatic heterocycles. The first-order chi connectivity index (χ1) is 6.45. The van der Waals surface area contributed by atoms with Gasteiger partial charge in [-0.05, 0) is 12.1 Å². The second-order valence-electron chi connectivity index (χ2n) is 2.75. The second-order valence-corrected chi connectivity index (χ2v) is 6.38. The van der Waals surface area contributed by atoms with Crippen LogP contribution in [-0.2, 0) is 13.9 Å².